The van der Waals surface area contributed by atoms with Gasteiger partial charge in [-0.25, -0.2) is 0 Å². The summed E-state index contributed by atoms with van der Waals surface area (Å²) in [6.45, 7) is 2.28. The summed E-state index contributed by atoms with van der Waals surface area (Å²) < 4.78 is 0. The summed E-state index contributed by atoms with van der Waals surface area (Å²) in [6.07, 6.45) is 6.04. The Morgan fingerprint density at radius 3 is 2.67 bits per heavy atom. The van der Waals surface area contributed by atoms with E-state index in [1.807, 2.05) is 12.3 Å². The zero-order valence-electron chi connectivity index (χ0n) is 9.61. The Balaban J connectivity index is 2.07. The average Bonchev–Trinajstić information content (AvgIpc) is 2.23. The van der Waals surface area contributed by atoms with E-state index >= 15 is 0 Å². The molecule has 2 heteroatoms. The zero-order valence-corrected chi connectivity index (χ0v) is 9.61. The number of aromatic nitrogens is 1. The van der Waals surface area contributed by atoms with Crippen LogP contribution in [0.3, 0.4) is 0 Å². The van der Waals surface area contributed by atoms with Crippen LogP contribution in [0.1, 0.15) is 37.8 Å². The highest BCUT2D eigenvalue weighted by atomic mass is 14.9. The summed E-state index contributed by atoms with van der Waals surface area (Å²) in [5.74, 6) is 1.37. The monoisotopic (exact) mass is 204 g/mol. The number of hydrogen-bond donors (Lipinski definition) is 1. The first kappa shape index (κ1) is 10.6. The summed E-state index contributed by atoms with van der Waals surface area (Å²) >= 11 is 0. The Morgan fingerprint density at radius 2 is 2.20 bits per heavy atom. The highest BCUT2D eigenvalue weighted by Crippen LogP contribution is 2.35. The van der Waals surface area contributed by atoms with E-state index in [1.54, 1.807) is 0 Å². The molecule has 15 heavy (non-hydrogen) atoms. The minimum Gasteiger partial charge on any atom is -0.316 e. The van der Waals surface area contributed by atoms with E-state index < -0.39 is 0 Å². The molecule has 1 aromatic rings. The fraction of sp³-hybridized carbons (Fsp3) is 0.615. The van der Waals surface area contributed by atoms with Gasteiger partial charge in [0.2, 0.25) is 0 Å². The number of hydrogen-bond acceptors (Lipinski definition) is 2. The second-order valence-electron chi connectivity index (χ2n) is 4.55. The van der Waals surface area contributed by atoms with Gasteiger partial charge in [0.05, 0.1) is 0 Å². The Morgan fingerprint density at radius 1 is 1.40 bits per heavy atom. The third-order valence-electron chi connectivity index (χ3n) is 3.68. The molecule has 0 amide bonds. The summed E-state index contributed by atoms with van der Waals surface area (Å²) in [5, 5.41) is 3.46. The van der Waals surface area contributed by atoms with Crippen molar-refractivity contribution in [3.05, 3.63) is 30.1 Å². The largest absolute Gasteiger partial charge is 0.316 e. The third-order valence-corrected chi connectivity index (χ3v) is 3.68. The fourth-order valence-electron chi connectivity index (χ4n) is 2.52. The van der Waals surface area contributed by atoms with Gasteiger partial charge in [-0.2, -0.15) is 0 Å². The first-order valence-electron chi connectivity index (χ1n) is 5.91. The van der Waals surface area contributed by atoms with Crippen LogP contribution in [0.15, 0.2) is 24.4 Å². The smallest absolute Gasteiger partial charge is 0.0447 e. The van der Waals surface area contributed by atoms with Crippen molar-refractivity contribution in [1.29, 1.82) is 0 Å². The van der Waals surface area contributed by atoms with Gasteiger partial charge in [-0.1, -0.05) is 19.4 Å². The van der Waals surface area contributed by atoms with E-state index in [-0.39, 0.29) is 0 Å². The molecule has 2 nitrogen and oxygen atoms in total. The van der Waals surface area contributed by atoms with Crippen LogP contribution in [-0.2, 0) is 0 Å². The maximum absolute atomic E-state index is 4.45. The van der Waals surface area contributed by atoms with Crippen LogP contribution in [0.25, 0.3) is 0 Å². The Labute approximate surface area is 92.1 Å². The van der Waals surface area contributed by atoms with Crippen LogP contribution in [0.5, 0.6) is 0 Å². The summed E-state index contributed by atoms with van der Waals surface area (Å²) in [6, 6.07) is 6.78. The van der Waals surface area contributed by atoms with Gasteiger partial charge >= 0.3 is 0 Å². The van der Waals surface area contributed by atoms with Gasteiger partial charge in [-0.05, 0) is 37.9 Å². The van der Waals surface area contributed by atoms with Crippen LogP contribution in [0.4, 0.5) is 0 Å². The lowest BCUT2D eigenvalue weighted by Crippen LogP contribution is -2.41. The molecule has 0 bridgehead atoms. The summed E-state index contributed by atoms with van der Waals surface area (Å²) in [5.41, 5.74) is 1.21. The van der Waals surface area contributed by atoms with Gasteiger partial charge in [0.1, 0.15) is 0 Å². The molecule has 1 aliphatic rings. The SMILES string of the molecule is CNC(C1CCC1)C(C)c1ccccn1. The second-order valence-corrected chi connectivity index (χ2v) is 4.55. The lowest BCUT2D eigenvalue weighted by Gasteiger charge is -2.37. The van der Waals surface area contributed by atoms with Crippen molar-refractivity contribution < 1.29 is 0 Å². The van der Waals surface area contributed by atoms with E-state index in [9.17, 15) is 0 Å². The Bertz CT molecular complexity index is 293. The van der Waals surface area contributed by atoms with Crippen molar-refractivity contribution in [3.8, 4) is 0 Å². The van der Waals surface area contributed by atoms with E-state index in [0.717, 1.165) is 5.92 Å². The molecule has 1 fully saturated rings. The van der Waals surface area contributed by atoms with E-state index in [2.05, 4.69) is 36.4 Å². The molecule has 1 heterocycles. The molecular formula is C13H20N2. The fourth-order valence-corrected chi connectivity index (χ4v) is 2.52. The molecule has 2 unspecified atom stereocenters. The van der Waals surface area contributed by atoms with Gasteiger partial charge in [0.15, 0.2) is 0 Å². The molecule has 2 atom stereocenters. The zero-order chi connectivity index (χ0) is 10.7. The van der Waals surface area contributed by atoms with Crippen LogP contribution in [0.2, 0.25) is 0 Å². The number of pyridine rings is 1. The molecule has 82 valence electrons. The van der Waals surface area contributed by atoms with Crippen LogP contribution in [-0.4, -0.2) is 18.1 Å². The number of rotatable bonds is 4. The quantitative estimate of drug-likeness (QED) is 0.815. The molecule has 0 aliphatic heterocycles. The highest BCUT2D eigenvalue weighted by Gasteiger charge is 2.30. The molecule has 1 aliphatic carbocycles. The first-order chi connectivity index (χ1) is 7.33. The molecule has 0 spiro atoms. The van der Waals surface area contributed by atoms with Crippen molar-refractivity contribution in [3.63, 3.8) is 0 Å². The highest BCUT2D eigenvalue weighted by molar-refractivity contribution is 5.12. The van der Waals surface area contributed by atoms with E-state index in [1.165, 1.54) is 25.0 Å². The second kappa shape index (κ2) is 4.75. The van der Waals surface area contributed by atoms with Crippen molar-refractivity contribution in [2.24, 2.45) is 5.92 Å². The molecule has 2 rings (SSSR count). The topological polar surface area (TPSA) is 24.9 Å². The Kier molecular flexibility index (Phi) is 3.37. The molecule has 1 N–H and O–H groups in total. The van der Waals surface area contributed by atoms with Gasteiger partial charge < -0.3 is 5.32 Å². The number of nitrogens with one attached hydrogen (secondary N) is 1. The number of nitrogens with zero attached hydrogens (tertiary/aromatic N) is 1. The average molecular weight is 204 g/mol. The van der Waals surface area contributed by atoms with Gasteiger partial charge in [0, 0.05) is 23.9 Å². The minimum atomic E-state index is 0.515. The van der Waals surface area contributed by atoms with Crippen LogP contribution >= 0.6 is 0 Å². The minimum absolute atomic E-state index is 0.515. The first-order valence-corrected chi connectivity index (χ1v) is 5.91. The molecule has 1 aromatic heterocycles. The van der Waals surface area contributed by atoms with Crippen LogP contribution < -0.4 is 5.32 Å². The molecule has 0 aromatic carbocycles. The third kappa shape index (κ3) is 2.20. The predicted octanol–water partition coefficient (Wildman–Crippen LogP) is 2.57. The lowest BCUT2D eigenvalue weighted by atomic mass is 9.74. The van der Waals surface area contributed by atoms with Crippen molar-refractivity contribution in [2.75, 3.05) is 7.05 Å². The van der Waals surface area contributed by atoms with Gasteiger partial charge in [-0.15, -0.1) is 0 Å². The molecule has 0 saturated heterocycles. The molecule has 0 radical (unpaired) electrons. The number of likely N-dealkylation sites (N-methyl/N-ethyl adjacent to an activating group) is 1. The van der Waals surface area contributed by atoms with E-state index in [4.69, 9.17) is 0 Å². The molecular weight excluding hydrogens is 184 g/mol. The predicted molar refractivity (Wildman–Crippen MR) is 62.8 cm³/mol. The van der Waals surface area contributed by atoms with Gasteiger partial charge in [0.25, 0.3) is 0 Å². The van der Waals surface area contributed by atoms with Crippen molar-refractivity contribution in [2.45, 2.75) is 38.1 Å². The summed E-state index contributed by atoms with van der Waals surface area (Å²) in [7, 11) is 2.07. The normalized spacial score (nSPS) is 20.7. The van der Waals surface area contributed by atoms with Crippen molar-refractivity contribution >= 4 is 0 Å². The van der Waals surface area contributed by atoms with Gasteiger partial charge in [-0.3, -0.25) is 4.98 Å². The van der Waals surface area contributed by atoms with E-state index in [0.29, 0.717) is 12.0 Å². The summed E-state index contributed by atoms with van der Waals surface area (Å²) in [4.78, 5) is 4.45. The standard InChI is InChI=1S/C13H20N2/c1-10(12-8-3-4-9-15-12)13(14-2)11-6-5-7-11/h3-4,8-11,13-14H,5-7H2,1-2H3. The van der Waals surface area contributed by atoms with Crippen LogP contribution in [0, 0.1) is 5.92 Å². The maximum atomic E-state index is 4.45. The molecule has 1 saturated carbocycles. The Hall–Kier alpha value is -0.890. The van der Waals surface area contributed by atoms with Crippen molar-refractivity contribution in [1.82, 2.24) is 10.3 Å². The maximum Gasteiger partial charge on any atom is 0.0447 e. The lowest BCUT2D eigenvalue weighted by molar-refractivity contribution is 0.215.